The second-order valence-electron chi connectivity index (χ2n) is 5.95. The quantitative estimate of drug-likeness (QED) is 0.536. The molecular weight excluding hydrogens is 397 g/mol. The first kappa shape index (κ1) is 17.5. The van der Waals surface area contributed by atoms with Gasteiger partial charge in [0, 0.05) is 18.1 Å². The van der Waals surface area contributed by atoms with Crippen LogP contribution in [0.5, 0.6) is 0 Å². The summed E-state index contributed by atoms with van der Waals surface area (Å²) in [5, 5.41) is 1.59. The Morgan fingerprint density at radius 3 is 2.65 bits per heavy atom. The van der Waals surface area contributed by atoms with Crippen LogP contribution in [0.3, 0.4) is 0 Å². The van der Waals surface area contributed by atoms with E-state index < -0.39 is 5.97 Å². The first-order valence-corrected chi connectivity index (χ1v) is 9.14. The van der Waals surface area contributed by atoms with Gasteiger partial charge >= 0.3 is 5.97 Å². The molecule has 1 aromatic heterocycles. The molecule has 0 radical (unpaired) electrons. The van der Waals surface area contributed by atoms with E-state index in [0.717, 1.165) is 25.2 Å². The number of fused-ring (bicyclic) bond motifs is 3. The molecule has 0 aliphatic carbocycles. The van der Waals surface area contributed by atoms with Crippen molar-refractivity contribution in [2.75, 3.05) is 18.6 Å². The van der Waals surface area contributed by atoms with Crippen LogP contribution in [0.4, 0.5) is 11.6 Å². The average molecular weight is 411 g/mol. The van der Waals surface area contributed by atoms with Crippen LogP contribution < -0.4 is 4.90 Å². The number of aryl methyl sites for hydroxylation is 1. The molecule has 0 saturated heterocycles. The van der Waals surface area contributed by atoms with Gasteiger partial charge in [-0.15, -0.1) is 0 Å². The Morgan fingerprint density at radius 1 is 1.12 bits per heavy atom. The van der Waals surface area contributed by atoms with Gasteiger partial charge in [0.2, 0.25) is 5.95 Å². The van der Waals surface area contributed by atoms with Crippen molar-refractivity contribution < 1.29 is 9.53 Å². The van der Waals surface area contributed by atoms with Crippen molar-refractivity contribution in [3.63, 3.8) is 0 Å². The van der Waals surface area contributed by atoms with Gasteiger partial charge in [0.05, 0.1) is 33.9 Å². The maximum absolute atomic E-state index is 12.2. The van der Waals surface area contributed by atoms with E-state index in [1.165, 1.54) is 7.11 Å². The van der Waals surface area contributed by atoms with E-state index in [2.05, 4.69) is 0 Å². The summed E-state index contributed by atoms with van der Waals surface area (Å²) in [6.07, 6.45) is 0.866. The standard InChI is InChI=1S/C18H14Cl3N3O2/c1-26-17(25)11-4-5-12(20)15-16(11)24-8-2-7-23(18(24)22-15)14-6-3-10(19)9-13(14)21/h3-6,9H,2,7-8H2,1H3. The zero-order valence-corrected chi connectivity index (χ0v) is 16.1. The number of nitrogens with zero attached hydrogens (tertiary/aromatic N) is 3. The van der Waals surface area contributed by atoms with Crippen molar-refractivity contribution in [3.05, 3.63) is 51.0 Å². The van der Waals surface area contributed by atoms with Gasteiger partial charge in [0.25, 0.3) is 0 Å². The summed E-state index contributed by atoms with van der Waals surface area (Å²) < 4.78 is 6.90. The number of imidazole rings is 1. The third-order valence-corrected chi connectivity index (χ3v) is 5.28. The molecule has 4 rings (SSSR count). The summed E-state index contributed by atoms with van der Waals surface area (Å²) in [4.78, 5) is 18.9. The van der Waals surface area contributed by atoms with Crippen LogP contribution in [0.2, 0.25) is 15.1 Å². The molecule has 5 nitrogen and oxygen atoms in total. The fraction of sp³-hybridized carbons (Fsp3) is 0.222. The van der Waals surface area contributed by atoms with Gasteiger partial charge in [-0.3, -0.25) is 0 Å². The van der Waals surface area contributed by atoms with Crippen molar-refractivity contribution in [1.82, 2.24) is 9.55 Å². The summed E-state index contributed by atoms with van der Waals surface area (Å²) >= 11 is 18.8. The van der Waals surface area contributed by atoms with Crippen molar-refractivity contribution in [2.45, 2.75) is 13.0 Å². The van der Waals surface area contributed by atoms with Crippen molar-refractivity contribution in [2.24, 2.45) is 0 Å². The maximum Gasteiger partial charge on any atom is 0.340 e. The molecule has 0 atom stereocenters. The van der Waals surface area contributed by atoms with Gasteiger partial charge in [-0.05, 0) is 36.8 Å². The van der Waals surface area contributed by atoms with Crippen LogP contribution in [-0.4, -0.2) is 29.2 Å². The zero-order valence-electron chi connectivity index (χ0n) is 13.8. The molecule has 0 spiro atoms. The summed E-state index contributed by atoms with van der Waals surface area (Å²) in [6, 6.07) is 8.68. The number of carbonyl (C=O) groups excluding carboxylic acids is 1. The van der Waals surface area contributed by atoms with Crippen LogP contribution in [0.15, 0.2) is 30.3 Å². The maximum atomic E-state index is 12.2. The summed E-state index contributed by atoms with van der Waals surface area (Å²) in [5.74, 6) is 0.268. The molecule has 134 valence electrons. The minimum Gasteiger partial charge on any atom is -0.465 e. The van der Waals surface area contributed by atoms with Gasteiger partial charge in [0.15, 0.2) is 0 Å². The lowest BCUT2D eigenvalue weighted by atomic mass is 10.1. The molecule has 26 heavy (non-hydrogen) atoms. The van der Waals surface area contributed by atoms with Crippen LogP contribution in [0.1, 0.15) is 16.8 Å². The molecule has 0 amide bonds. The molecule has 0 N–H and O–H groups in total. The Bertz CT molecular complexity index is 1030. The Hall–Kier alpha value is -1.95. The molecule has 0 saturated carbocycles. The number of esters is 1. The van der Waals surface area contributed by atoms with E-state index in [1.54, 1.807) is 24.3 Å². The Balaban J connectivity index is 1.96. The molecule has 0 bridgehead atoms. The number of hydrogen-bond acceptors (Lipinski definition) is 4. The van der Waals surface area contributed by atoms with Crippen LogP contribution >= 0.6 is 34.8 Å². The molecule has 0 unspecified atom stereocenters. The first-order valence-electron chi connectivity index (χ1n) is 8.01. The highest BCUT2D eigenvalue weighted by atomic mass is 35.5. The number of carbonyl (C=O) groups is 1. The predicted octanol–water partition coefficient (Wildman–Crippen LogP) is 5.32. The van der Waals surface area contributed by atoms with E-state index >= 15 is 0 Å². The van der Waals surface area contributed by atoms with Crippen LogP contribution in [0, 0.1) is 0 Å². The monoisotopic (exact) mass is 409 g/mol. The minimum absolute atomic E-state index is 0.420. The second kappa shape index (κ2) is 6.65. The van der Waals surface area contributed by atoms with Gasteiger partial charge in [-0.25, -0.2) is 9.78 Å². The third kappa shape index (κ3) is 2.71. The average Bonchev–Trinajstić information content (AvgIpc) is 3.02. The fourth-order valence-electron chi connectivity index (χ4n) is 3.30. The summed E-state index contributed by atoms with van der Waals surface area (Å²) in [6.45, 7) is 1.47. The third-order valence-electron chi connectivity index (χ3n) is 4.44. The van der Waals surface area contributed by atoms with E-state index in [-0.39, 0.29) is 0 Å². The molecular formula is C18H14Cl3N3O2. The van der Waals surface area contributed by atoms with Crippen molar-refractivity contribution in [3.8, 4) is 0 Å². The van der Waals surface area contributed by atoms with Gasteiger partial charge in [-0.1, -0.05) is 34.8 Å². The number of halogens is 3. The lowest BCUT2D eigenvalue weighted by Crippen LogP contribution is -2.28. The minimum atomic E-state index is -0.420. The largest absolute Gasteiger partial charge is 0.465 e. The number of aromatic nitrogens is 2. The highest BCUT2D eigenvalue weighted by molar-refractivity contribution is 6.37. The van der Waals surface area contributed by atoms with Gasteiger partial charge in [-0.2, -0.15) is 0 Å². The summed E-state index contributed by atoms with van der Waals surface area (Å²) in [5.41, 5.74) is 2.49. The summed E-state index contributed by atoms with van der Waals surface area (Å²) in [7, 11) is 1.36. The zero-order chi connectivity index (χ0) is 18.4. The van der Waals surface area contributed by atoms with E-state index in [0.29, 0.717) is 37.6 Å². The lowest BCUT2D eigenvalue weighted by Gasteiger charge is -2.30. The molecule has 1 aliphatic heterocycles. The fourth-order valence-corrected chi connectivity index (χ4v) is 4.01. The Kier molecular flexibility index (Phi) is 4.47. The van der Waals surface area contributed by atoms with E-state index in [9.17, 15) is 4.79 Å². The molecule has 2 aromatic carbocycles. The van der Waals surface area contributed by atoms with Crippen molar-refractivity contribution in [1.29, 1.82) is 0 Å². The smallest absolute Gasteiger partial charge is 0.340 e. The molecule has 8 heteroatoms. The van der Waals surface area contributed by atoms with Crippen LogP contribution in [0.25, 0.3) is 11.0 Å². The van der Waals surface area contributed by atoms with Crippen LogP contribution in [-0.2, 0) is 11.3 Å². The molecule has 1 aliphatic rings. The highest BCUT2D eigenvalue weighted by Gasteiger charge is 2.28. The first-order chi connectivity index (χ1) is 12.5. The SMILES string of the molecule is COC(=O)c1ccc(Cl)c2nc3n(c12)CCCN3c1ccc(Cl)cc1Cl. The number of methoxy groups -OCH3 is 1. The molecule has 0 fully saturated rings. The predicted molar refractivity (Wildman–Crippen MR) is 104 cm³/mol. The van der Waals surface area contributed by atoms with Crippen molar-refractivity contribution >= 4 is 63.4 Å². The number of ether oxygens (including phenoxy) is 1. The van der Waals surface area contributed by atoms with Gasteiger partial charge in [0.1, 0.15) is 5.52 Å². The van der Waals surface area contributed by atoms with E-state index in [4.69, 9.17) is 44.5 Å². The van der Waals surface area contributed by atoms with E-state index in [1.807, 2.05) is 15.5 Å². The lowest BCUT2D eigenvalue weighted by molar-refractivity contribution is 0.0602. The van der Waals surface area contributed by atoms with Gasteiger partial charge < -0.3 is 14.2 Å². The molecule has 2 heterocycles. The number of hydrogen-bond donors (Lipinski definition) is 0. The second-order valence-corrected chi connectivity index (χ2v) is 7.20. The Morgan fingerprint density at radius 2 is 1.92 bits per heavy atom. The topological polar surface area (TPSA) is 47.4 Å². The number of benzene rings is 2. The highest BCUT2D eigenvalue weighted by Crippen LogP contribution is 2.39. The Labute approximate surface area is 165 Å². The molecule has 3 aromatic rings. The normalized spacial score (nSPS) is 13.8. The number of anilines is 2. The number of rotatable bonds is 2.